The van der Waals surface area contributed by atoms with E-state index in [0.717, 1.165) is 22.3 Å². The van der Waals surface area contributed by atoms with Crippen molar-refractivity contribution in [3.05, 3.63) is 82.1 Å². The van der Waals surface area contributed by atoms with Gasteiger partial charge >= 0.3 is 5.97 Å². The zero-order chi connectivity index (χ0) is 21.7. The second-order valence-corrected chi connectivity index (χ2v) is 7.56. The number of nitrogens with zero attached hydrogens (tertiary/aromatic N) is 1. The highest BCUT2D eigenvalue weighted by Crippen LogP contribution is 2.30. The Labute approximate surface area is 177 Å². The van der Waals surface area contributed by atoms with Crippen LogP contribution in [-0.2, 0) is 20.9 Å². The number of anilines is 1. The molecule has 0 radical (unpaired) electrons. The summed E-state index contributed by atoms with van der Waals surface area (Å²) in [5.41, 5.74) is 7.44. The van der Waals surface area contributed by atoms with Gasteiger partial charge < -0.3 is 9.15 Å². The molecule has 1 fully saturated rings. The molecule has 1 N–H and O–H groups in total. The third-order valence-corrected chi connectivity index (χ3v) is 5.52. The number of nitrogens with one attached hydrogen (secondary N) is 1. The maximum atomic E-state index is 12.8. The van der Waals surface area contributed by atoms with Gasteiger partial charge in [-0.05, 0) is 67.4 Å². The van der Waals surface area contributed by atoms with Crippen molar-refractivity contribution in [2.45, 2.75) is 20.5 Å². The minimum atomic E-state index is -0.491. The van der Waals surface area contributed by atoms with Crippen LogP contribution in [0, 0.1) is 13.8 Å². The maximum Gasteiger partial charge on any atom is 0.338 e. The molecule has 2 aromatic carbocycles. The molecule has 0 bridgehead atoms. The number of esters is 1. The molecule has 7 heteroatoms. The first-order valence-electron chi connectivity index (χ1n) is 9.75. The van der Waals surface area contributed by atoms with Crippen molar-refractivity contribution in [2.75, 3.05) is 5.01 Å². The number of furan rings is 1. The summed E-state index contributed by atoms with van der Waals surface area (Å²) in [4.78, 5) is 36.9. The fraction of sp³-hybridized carbons (Fsp3) is 0.125. The van der Waals surface area contributed by atoms with E-state index in [-0.39, 0.29) is 18.1 Å². The summed E-state index contributed by atoms with van der Waals surface area (Å²) < 4.78 is 10.9. The number of carbonyl (C=O) groups excluding carboxylic acids is 3. The van der Waals surface area contributed by atoms with Gasteiger partial charge in [-0.25, -0.2) is 9.80 Å². The highest BCUT2D eigenvalue weighted by atomic mass is 16.5. The predicted octanol–water partition coefficient (Wildman–Crippen LogP) is 3.70. The van der Waals surface area contributed by atoms with Gasteiger partial charge in [0.25, 0.3) is 11.8 Å². The molecule has 2 aliphatic rings. The first kappa shape index (κ1) is 18.9. The number of hydrogen-bond donors (Lipinski definition) is 1. The van der Waals surface area contributed by atoms with Crippen molar-refractivity contribution in [1.29, 1.82) is 0 Å². The van der Waals surface area contributed by atoms with Crippen LogP contribution in [0.2, 0.25) is 0 Å². The topological polar surface area (TPSA) is 88.8 Å². The van der Waals surface area contributed by atoms with E-state index in [9.17, 15) is 14.4 Å². The molecular weight excluding hydrogens is 396 g/mol. The quantitative estimate of drug-likeness (QED) is 0.401. The number of fused-ring (bicyclic) bond motifs is 1. The molecule has 0 unspecified atom stereocenters. The van der Waals surface area contributed by atoms with E-state index in [2.05, 4.69) is 5.43 Å². The van der Waals surface area contributed by atoms with Gasteiger partial charge in [0.15, 0.2) is 0 Å². The second kappa shape index (κ2) is 6.98. The number of cyclic esters (lactones) is 1. The monoisotopic (exact) mass is 414 g/mol. The van der Waals surface area contributed by atoms with Crippen molar-refractivity contribution < 1.29 is 23.5 Å². The number of hydrazine groups is 1. The second-order valence-electron chi connectivity index (χ2n) is 7.56. The first-order chi connectivity index (χ1) is 14.9. The van der Waals surface area contributed by atoms with Crippen LogP contribution < -0.4 is 10.4 Å². The average molecular weight is 414 g/mol. The summed E-state index contributed by atoms with van der Waals surface area (Å²) in [6.07, 6.45) is 1.43. The smallest absolute Gasteiger partial charge is 0.338 e. The molecule has 154 valence electrons. The number of amides is 2. The Bertz CT molecular complexity index is 1300. The molecule has 0 saturated carbocycles. The fourth-order valence-electron chi connectivity index (χ4n) is 3.62. The molecule has 0 aliphatic carbocycles. The fourth-order valence-corrected chi connectivity index (χ4v) is 3.62. The number of benzene rings is 2. The lowest BCUT2D eigenvalue weighted by Crippen LogP contribution is -2.35. The molecule has 3 aromatic rings. The third kappa shape index (κ3) is 3.20. The van der Waals surface area contributed by atoms with Crippen LogP contribution in [-0.4, -0.2) is 17.8 Å². The van der Waals surface area contributed by atoms with Gasteiger partial charge in [-0.3, -0.25) is 15.0 Å². The number of carbonyl (C=O) groups is 3. The molecular formula is C24H18N2O5. The van der Waals surface area contributed by atoms with E-state index < -0.39 is 11.8 Å². The Hall–Kier alpha value is -4.13. The van der Waals surface area contributed by atoms with Gasteiger partial charge in [0.1, 0.15) is 23.7 Å². The molecule has 2 aliphatic heterocycles. The molecule has 1 saturated heterocycles. The van der Waals surface area contributed by atoms with Crippen LogP contribution in [0.25, 0.3) is 17.4 Å². The Balaban J connectivity index is 1.42. The van der Waals surface area contributed by atoms with Gasteiger partial charge in [0.2, 0.25) is 0 Å². The summed E-state index contributed by atoms with van der Waals surface area (Å²) in [5, 5.41) is 1.24. The predicted molar refractivity (Wildman–Crippen MR) is 113 cm³/mol. The van der Waals surface area contributed by atoms with Gasteiger partial charge in [0.05, 0.1) is 11.3 Å². The van der Waals surface area contributed by atoms with E-state index >= 15 is 0 Å². The zero-order valence-electron chi connectivity index (χ0n) is 16.9. The Morgan fingerprint density at radius 2 is 1.81 bits per heavy atom. The van der Waals surface area contributed by atoms with Crippen LogP contribution in [0.15, 0.2) is 58.5 Å². The lowest BCUT2D eigenvalue weighted by molar-refractivity contribution is -0.117. The van der Waals surface area contributed by atoms with Crippen LogP contribution in [0.1, 0.15) is 32.8 Å². The summed E-state index contributed by atoms with van der Waals surface area (Å²) in [5.74, 6) is -0.326. The van der Waals surface area contributed by atoms with Crippen LogP contribution >= 0.6 is 0 Å². The van der Waals surface area contributed by atoms with E-state index in [1.54, 1.807) is 30.3 Å². The SMILES string of the molecule is Cc1ccc(N2NC(=O)/C(=C\c3ccc(-c4ccc5c(c4)COC5=O)o3)C2=O)cc1C. The molecule has 7 nitrogen and oxygen atoms in total. The first-order valence-corrected chi connectivity index (χ1v) is 9.75. The zero-order valence-corrected chi connectivity index (χ0v) is 16.9. The van der Waals surface area contributed by atoms with Crippen molar-refractivity contribution in [1.82, 2.24) is 5.43 Å². The number of hydrogen-bond acceptors (Lipinski definition) is 5. The summed E-state index contributed by atoms with van der Waals surface area (Å²) in [6, 6.07) is 14.3. The lowest BCUT2D eigenvalue weighted by atomic mass is 10.0. The standard InChI is InChI=1S/C24H18N2O5/c1-13-3-5-17(9-14(13)2)26-23(28)20(22(27)25-26)11-18-6-8-21(31-18)15-4-7-19-16(10-15)12-30-24(19)29/h3-11H,12H2,1-2H3,(H,25,27)/b20-11+. The molecule has 31 heavy (non-hydrogen) atoms. The van der Waals surface area contributed by atoms with Crippen molar-refractivity contribution in [3.8, 4) is 11.3 Å². The number of aryl methyl sites for hydroxylation is 2. The van der Waals surface area contributed by atoms with E-state index in [1.165, 1.54) is 11.1 Å². The van der Waals surface area contributed by atoms with E-state index in [4.69, 9.17) is 9.15 Å². The molecule has 1 aromatic heterocycles. The van der Waals surface area contributed by atoms with Gasteiger partial charge in [-0.15, -0.1) is 0 Å². The number of rotatable bonds is 3. The van der Waals surface area contributed by atoms with Crippen molar-refractivity contribution in [2.24, 2.45) is 0 Å². The lowest BCUT2D eigenvalue weighted by Gasteiger charge is -2.15. The van der Waals surface area contributed by atoms with Crippen molar-refractivity contribution >= 4 is 29.5 Å². The molecule has 5 rings (SSSR count). The Morgan fingerprint density at radius 3 is 2.61 bits per heavy atom. The van der Waals surface area contributed by atoms with E-state index in [0.29, 0.717) is 22.8 Å². The molecule has 2 amide bonds. The highest BCUT2D eigenvalue weighted by Gasteiger charge is 2.35. The third-order valence-electron chi connectivity index (χ3n) is 5.52. The van der Waals surface area contributed by atoms with Gasteiger partial charge in [0, 0.05) is 11.1 Å². The van der Waals surface area contributed by atoms with Crippen LogP contribution in [0.4, 0.5) is 5.69 Å². The van der Waals surface area contributed by atoms with Crippen molar-refractivity contribution in [3.63, 3.8) is 0 Å². The Morgan fingerprint density at radius 1 is 0.968 bits per heavy atom. The van der Waals surface area contributed by atoms with Crippen LogP contribution in [0.3, 0.4) is 0 Å². The minimum Gasteiger partial charge on any atom is -0.457 e. The Kier molecular flexibility index (Phi) is 4.25. The largest absolute Gasteiger partial charge is 0.457 e. The number of ether oxygens (including phenoxy) is 1. The maximum absolute atomic E-state index is 12.8. The molecule has 0 atom stereocenters. The highest BCUT2D eigenvalue weighted by molar-refractivity contribution is 6.31. The van der Waals surface area contributed by atoms with Crippen LogP contribution in [0.5, 0.6) is 0 Å². The average Bonchev–Trinajstić information content (AvgIpc) is 3.45. The van der Waals surface area contributed by atoms with E-state index in [1.807, 2.05) is 32.0 Å². The summed E-state index contributed by atoms with van der Waals surface area (Å²) in [7, 11) is 0. The molecule has 3 heterocycles. The minimum absolute atomic E-state index is 0.00734. The normalized spacial score (nSPS) is 16.6. The summed E-state index contributed by atoms with van der Waals surface area (Å²) >= 11 is 0. The van der Waals surface area contributed by atoms with Gasteiger partial charge in [-0.1, -0.05) is 12.1 Å². The van der Waals surface area contributed by atoms with Gasteiger partial charge in [-0.2, -0.15) is 0 Å². The summed E-state index contributed by atoms with van der Waals surface area (Å²) in [6.45, 7) is 4.17. The molecule has 0 spiro atoms.